The van der Waals surface area contributed by atoms with Gasteiger partial charge in [0.05, 0.1) is 39.6 Å². The second kappa shape index (κ2) is 15.8. The van der Waals surface area contributed by atoms with Crippen LogP contribution in [-0.4, -0.2) is 64.9 Å². The summed E-state index contributed by atoms with van der Waals surface area (Å²) >= 11 is 0. The van der Waals surface area contributed by atoms with Crippen molar-refractivity contribution in [3.8, 4) is 0 Å². The SMILES string of the molecule is CCOCCOCCOCCOCCCC(=O)OC1CCCCC1. The van der Waals surface area contributed by atoms with Crippen molar-refractivity contribution < 1.29 is 28.5 Å². The molecule has 0 amide bonds. The minimum absolute atomic E-state index is 0.0917. The Morgan fingerprint density at radius 3 is 1.92 bits per heavy atom. The smallest absolute Gasteiger partial charge is 0.306 e. The fourth-order valence-corrected chi connectivity index (χ4v) is 2.55. The Morgan fingerprint density at radius 2 is 1.33 bits per heavy atom. The van der Waals surface area contributed by atoms with Crippen LogP contribution in [0.4, 0.5) is 0 Å². The number of carbonyl (C=O) groups is 1. The zero-order valence-corrected chi connectivity index (χ0v) is 15.1. The molecule has 0 unspecified atom stereocenters. The fraction of sp³-hybridized carbons (Fsp3) is 0.944. The number of ether oxygens (including phenoxy) is 5. The van der Waals surface area contributed by atoms with Crippen molar-refractivity contribution in [1.82, 2.24) is 0 Å². The van der Waals surface area contributed by atoms with Gasteiger partial charge in [0.1, 0.15) is 6.10 Å². The Hall–Kier alpha value is -0.690. The number of rotatable bonds is 15. The van der Waals surface area contributed by atoms with E-state index in [1.165, 1.54) is 19.3 Å². The third-order valence-corrected chi connectivity index (χ3v) is 3.84. The molecule has 6 nitrogen and oxygen atoms in total. The first-order valence-electron chi connectivity index (χ1n) is 9.33. The number of carbonyl (C=O) groups excluding carboxylic acids is 1. The van der Waals surface area contributed by atoms with Crippen molar-refractivity contribution in [2.24, 2.45) is 0 Å². The zero-order valence-electron chi connectivity index (χ0n) is 15.1. The molecule has 0 aromatic heterocycles. The van der Waals surface area contributed by atoms with E-state index < -0.39 is 0 Å². The molecule has 0 aromatic carbocycles. The Labute approximate surface area is 146 Å². The van der Waals surface area contributed by atoms with E-state index in [0.717, 1.165) is 19.4 Å². The highest BCUT2D eigenvalue weighted by molar-refractivity contribution is 5.69. The molecular formula is C18H34O6. The van der Waals surface area contributed by atoms with Gasteiger partial charge >= 0.3 is 5.97 Å². The molecule has 24 heavy (non-hydrogen) atoms. The molecule has 1 saturated carbocycles. The normalized spacial score (nSPS) is 15.5. The molecule has 0 atom stereocenters. The van der Waals surface area contributed by atoms with E-state index in [9.17, 15) is 4.79 Å². The Bertz CT molecular complexity index is 291. The minimum Gasteiger partial charge on any atom is -0.462 e. The third kappa shape index (κ3) is 12.7. The van der Waals surface area contributed by atoms with Gasteiger partial charge in [-0.2, -0.15) is 0 Å². The van der Waals surface area contributed by atoms with Crippen LogP contribution in [0.1, 0.15) is 51.9 Å². The molecule has 0 N–H and O–H groups in total. The maximum Gasteiger partial charge on any atom is 0.306 e. The first kappa shape index (κ1) is 21.4. The van der Waals surface area contributed by atoms with Gasteiger partial charge in [-0.3, -0.25) is 4.79 Å². The lowest BCUT2D eigenvalue weighted by Crippen LogP contribution is -2.21. The van der Waals surface area contributed by atoms with Gasteiger partial charge in [-0.15, -0.1) is 0 Å². The maximum atomic E-state index is 11.7. The maximum absolute atomic E-state index is 11.7. The number of esters is 1. The molecule has 1 fully saturated rings. The Morgan fingerprint density at radius 1 is 0.792 bits per heavy atom. The van der Waals surface area contributed by atoms with Crippen LogP contribution < -0.4 is 0 Å². The standard InChI is InChI=1S/C18H34O6/c1-2-20-11-12-22-15-16-23-14-13-21-10-6-9-18(19)24-17-7-4-3-5-8-17/h17H,2-16H2,1H3. The summed E-state index contributed by atoms with van der Waals surface area (Å²) in [5, 5.41) is 0. The summed E-state index contributed by atoms with van der Waals surface area (Å²) in [5.41, 5.74) is 0. The van der Waals surface area contributed by atoms with Crippen molar-refractivity contribution in [2.45, 2.75) is 58.0 Å². The molecule has 1 aliphatic rings. The summed E-state index contributed by atoms with van der Waals surface area (Å²) in [4.78, 5) is 11.7. The van der Waals surface area contributed by atoms with Gasteiger partial charge in [0.15, 0.2) is 0 Å². The second-order valence-electron chi connectivity index (χ2n) is 5.89. The third-order valence-electron chi connectivity index (χ3n) is 3.84. The molecule has 0 aromatic rings. The van der Waals surface area contributed by atoms with Crippen molar-refractivity contribution in [3.63, 3.8) is 0 Å². The molecule has 6 heteroatoms. The fourth-order valence-electron chi connectivity index (χ4n) is 2.55. The average Bonchev–Trinajstić information content (AvgIpc) is 2.60. The van der Waals surface area contributed by atoms with Crippen molar-refractivity contribution in [1.29, 1.82) is 0 Å². The van der Waals surface area contributed by atoms with E-state index in [0.29, 0.717) is 59.1 Å². The summed E-state index contributed by atoms with van der Waals surface area (Å²) < 4.78 is 26.8. The van der Waals surface area contributed by atoms with Gasteiger partial charge in [0, 0.05) is 19.6 Å². The van der Waals surface area contributed by atoms with Crippen LogP contribution in [0.15, 0.2) is 0 Å². The summed E-state index contributed by atoms with van der Waals surface area (Å²) in [6, 6.07) is 0. The molecule has 0 spiro atoms. The van der Waals surface area contributed by atoms with Gasteiger partial charge in [-0.1, -0.05) is 6.42 Å². The summed E-state index contributed by atoms with van der Waals surface area (Å²) in [6.45, 7) is 6.68. The highest BCUT2D eigenvalue weighted by Gasteiger charge is 2.17. The lowest BCUT2D eigenvalue weighted by atomic mass is 9.98. The number of hydrogen-bond acceptors (Lipinski definition) is 6. The van der Waals surface area contributed by atoms with Crippen LogP contribution in [0, 0.1) is 0 Å². The molecule has 1 rings (SSSR count). The van der Waals surface area contributed by atoms with E-state index in [2.05, 4.69) is 0 Å². The van der Waals surface area contributed by atoms with Crippen molar-refractivity contribution >= 4 is 5.97 Å². The molecule has 1 aliphatic carbocycles. The van der Waals surface area contributed by atoms with E-state index in [1.54, 1.807) is 0 Å². The topological polar surface area (TPSA) is 63.2 Å². The minimum atomic E-state index is -0.0917. The predicted octanol–water partition coefficient (Wildman–Crippen LogP) is 2.73. The monoisotopic (exact) mass is 346 g/mol. The van der Waals surface area contributed by atoms with Gasteiger partial charge in [0.25, 0.3) is 0 Å². The summed E-state index contributed by atoms with van der Waals surface area (Å²) in [5.74, 6) is -0.0917. The molecule has 0 heterocycles. The lowest BCUT2D eigenvalue weighted by molar-refractivity contribution is -0.150. The average molecular weight is 346 g/mol. The Balaban J connectivity index is 1.76. The molecule has 0 bridgehead atoms. The molecule has 0 radical (unpaired) electrons. The molecular weight excluding hydrogens is 312 g/mol. The van der Waals surface area contributed by atoms with Crippen LogP contribution in [0.25, 0.3) is 0 Å². The first-order chi connectivity index (χ1) is 11.8. The van der Waals surface area contributed by atoms with E-state index in [4.69, 9.17) is 23.7 Å². The Kier molecular flexibility index (Phi) is 14.1. The van der Waals surface area contributed by atoms with E-state index >= 15 is 0 Å². The van der Waals surface area contributed by atoms with Crippen LogP contribution in [0.3, 0.4) is 0 Å². The van der Waals surface area contributed by atoms with Gasteiger partial charge in [0.2, 0.25) is 0 Å². The summed E-state index contributed by atoms with van der Waals surface area (Å²) in [6.07, 6.45) is 6.96. The first-order valence-corrected chi connectivity index (χ1v) is 9.33. The van der Waals surface area contributed by atoms with Crippen molar-refractivity contribution in [2.75, 3.05) is 52.9 Å². The summed E-state index contributed by atoms with van der Waals surface area (Å²) in [7, 11) is 0. The van der Waals surface area contributed by atoms with Crippen LogP contribution >= 0.6 is 0 Å². The van der Waals surface area contributed by atoms with E-state index in [-0.39, 0.29) is 12.1 Å². The zero-order chi connectivity index (χ0) is 17.3. The highest BCUT2D eigenvalue weighted by atomic mass is 16.6. The molecule has 0 saturated heterocycles. The van der Waals surface area contributed by atoms with Crippen LogP contribution in [0.2, 0.25) is 0 Å². The second-order valence-corrected chi connectivity index (χ2v) is 5.89. The number of hydrogen-bond donors (Lipinski definition) is 0. The largest absolute Gasteiger partial charge is 0.462 e. The van der Waals surface area contributed by atoms with Crippen LogP contribution in [0.5, 0.6) is 0 Å². The van der Waals surface area contributed by atoms with Crippen molar-refractivity contribution in [3.05, 3.63) is 0 Å². The highest BCUT2D eigenvalue weighted by Crippen LogP contribution is 2.20. The van der Waals surface area contributed by atoms with Gasteiger partial charge in [-0.05, 0) is 39.0 Å². The van der Waals surface area contributed by atoms with Crippen LogP contribution in [-0.2, 0) is 28.5 Å². The van der Waals surface area contributed by atoms with E-state index in [1.807, 2.05) is 6.92 Å². The molecule has 0 aliphatic heterocycles. The van der Waals surface area contributed by atoms with Gasteiger partial charge < -0.3 is 23.7 Å². The van der Waals surface area contributed by atoms with Gasteiger partial charge in [-0.25, -0.2) is 0 Å². The lowest BCUT2D eigenvalue weighted by Gasteiger charge is -2.21. The molecule has 142 valence electrons. The predicted molar refractivity (Wildman–Crippen MR) is 91.1 cm³/mol. The quantitative estimate of drug-likeness (QED) is 0.336.